The van der Waals surface area contributed by atoms with Crippen molar-refractivity contribution in [3.63, 3.8) is 0 Å². The van der Waals surface area contributed by atoms with Gasteiger partial charge in [0.15, 0.2) is 0 Å². The molecule has 0 heterocycles. The minimum Gasteiger partial charge on any atom is -0.473 e. The maximum atomic E-state index is 11.2. The molecule has 0 saturated heterocycles. The molecule has 0 unspecified atom stereocenters. The molecule has 1 aromatic rings. The Balaban J connectivity index is 2.52. The maximum Gasteiger partial charge on any atom is 0.564 e. The minimum atomic E-state index is -1.30. The fourth-order valence-electron chi connectivity index (χ4n) is 1.05. The zero-order valence-electron chi connectivity index (χ0n) is 9.64. The fraction of sp³-hybridized carbons (Fsp3) is 0.364. The molecule has 0 amide bonds. The molecule has 0 atom stereocenters. The summed E-state index contributed by atoms with van der Waals surface area (Å²) in [5.41, 5.74) is -0.124. The van der Waals surface area contributed by atoms with Gasteiger partial charge in [-0.1, -0.05) is 30.3 Å². The van der Waals surface area contributed by atoms with Crippen molar-refractivity contribution >= 4 is 18.7 Å². The van der Waals surface area contributed by atoms with Crippen LogP contribution in [0.5, 0.6) is 0 Å². The molecule has 0 saturated carbocycles. The lowest BCUT2D eigenvalue weighted by Gasteiger charge is -2.19. The monoisotopic (exact) mass is 222 g/mol. The average molecular weight is 222 g/mol. The number of rotatable bonds is 2. The van der Waals surface area contributed by atoms with Crippen molar-refractivity contribution < 1.29 is 19.2 Å². The Hall–Kier alpha value is -1.49. The Morgan fingerprint density at radius 1 is 1.25 bits per heavy atom. The van der Waals surface area contributed by atoms with Crippen molar-refractivity contribution in [3.8, 4) is 0 Å². The Morgan fingerprint density at radius 2 is 1.81 bits per heavy atom. The summed E-state index contributed by atoms with van der Waals surface area (Å²) in [6.45, 7) is 5.18. The SMILES string of the molecule is CC(C)(C)OC(=O)OB(O)c1ccccc1. The summed E-state index contributed by atoms with van der Waals surface area (Å²) >= 11 is 0. The molecule has 0 aliphatic carbocycles. The molecule has 0 fully saturated rings. The van der Waals surface area contributed by atoms with Gasteiger partial charge >= 0.3 is 13.3 Å². The van der Waals surface area contributed by atoms with Gasteiger partial charge in [-0.05, 0) is 26.2 Å². The first-order valence-electron chi connectivity index (χ1n) is 5.01. The maximum absolute atomic E-state index is 11.2. The van der Waals surface area contributed by atoms with Gasteiger partial charge in [0.25, 0.3) is 0 Å². The molecular weight excluding hydrogens is 207 g/mol. The first kappa shape index (κ1) is 12.6. The summed E-state index contributed by atoms with van der Waals surface area (Å²) in [4.78, 5) is 11.2. The van der Waals surface area contributed by atoms with Crippen molar-refractivity contribution in [2.45, 2.75) is 26.4 Å². The molecule has 0 radical (unpaired) electrons. The first-order chi connectivity index (χ1) is 7.38. The van der Waals surface area contributed by atoms with Crippen LogP contribution in [-0.4, -0.2) is 23.9 Å². The molecule has 1 aromatic carbocycles. The predicted octanol–water partition coefficient (Wildman–Crippen LogP) is 1.33. The standard InChI is InChI=1S/C11H15BO4/c1-11(2,3)15-10(13)16-12(14)9-7-5-4-6-8-9/h4-8,14H,1-3H3. The van der Waals surface area contributed by atoms with Crippen LogP contribution in [0.4, 0.5) is 4.79 Å². The highest BCUT2D eigenvalue weighted by atomic mass is 16.7. The van der Waals surface area contributed by atoms with E-state index in [1.54, 1.807) is 45.0 Å². The van der Waals surface area contributed by atoms with Crippen LogP contribution in [0.25, 0.3) is 0 Å². The normalized spacial score (nSPS) is 10.8. The van der Waals surface area contributed by atoms with E-state index in [-0.39, 0.29) is 0 Å². The van der Waals surface area contributed by atoms with E-state index in [4.69, 9.17) is 9.39 Å². The predicted molar refractivity (Wildman–Crippen MR) is 61.4 cm³/mol. The van der Waals surface area contributed by atoms with E-state index in [1.807, 2.05) is 6.07 Å². The summed E-state index contributed by atoms with van der Waals surface area (Å²) in [6.07, 6.45) is -0.885. The van der Waals surface area contributed by atoms with Crippen molar-refractivity contribution in [1.82, 2.24) is 0 Å². The van der Waals surface area contributed by atoms with Gasteiger partial charge in [0.05, 0.1) is 0 Å². The zero-order chi connectivity index (χ0) is 12.2. The Labute approximate surface area is 95.3 Å². The molecule has 5 heteroatoms. The molecule has 1 N–H and O–H groups in total. The number of hydrogen-bond donors (Lipinski definition) is 1. The number of carbonyl (C=O) groups excluding carboxylic acids is 1. The Kier molecular flexibility index (Phi) is 3.96. The van der Waals surface area contributed by atoms with Crippen LogP contribution >= 0.6 is 0 Å². The highest BCUT2D eigenvalue weighted by Gasteiger charge is 2.25. The third-order valence-corrected chi connectivity index (χ3v) is 1.68. The van der Waals surface area contributed by atoms with Crippen molar-refractivity contribution in [2.24, 2.45) is 0 Å². The van der Waals surface area contributed by atoms with Crippen LogP contribution in [-0.2, 0) is 9.39 Å². The van der Waals surface area contributed by atoms with E-state index in [0.717, 1.165) is 0 Å². The van der Waals surface area contributed by atoms with Gasteiger partial charge in [-0.2, -0.15) is 0 Å². The summed E-state index contributed by atoms with van der Waals surface area (Å²) in [5, 5.41) is 9.56. The highest BCUT2D eigenvalue weighted by Crippen LogP contribution is 2.08. The van der Waals surface area contributed by atoms with E-state index in [1.165, 1.54) is 0 Å². The molecule has 4 nitrogen and oxygen atoms in total. The van der Waals surface area contributed by atoms with Crippen LogP contribution in [0.15, 0.2) is 30.3 Å². The van der Waals surface area contributed by atoms with Crippen molar-refractivity contribution in [2.75, 3.05) is 0 Å². The van der Waals surface area contributed by atoms with Gasteiger partial charge in [0.1, 0.15) is 5.60 Å². The van der Waals surface area contributed by atoms with Crippen molar-refractivity contribution in [1.29, 1.82) is 0 Å². The summed E-state index contributed by atoms with van der Waals surface area (Å²) < 4.78 is 9.62. The lowest BCUT2D eigenvalue weighted by atomic mass is 9.80. The summed E-state index contributed by atoms with van der Waals surface area (Å²) in [6, 6.07) is 8.63. The number of benzene rings is 1. The van der Waals surface area contributed by atoms with Crippen LogP contribution in [0.3, 0.4) is 0 Å². The lowest BCUT2D eigenvalue weighted by Crippen LogP contribution is -2.37. The third kappa shape index (κ3) is 4.36. The van der Waals surface area contributed by atoms with Gasteiger partial charge in [0.2, 0.25) is 0 Å². The van der Waals surface area contributed by atoms with Crippen molar-refractivity contribution in [3.05, 3.63) is 30.3 Å². The highest BCUT2D eigenvalue weighted by molar-refractivity contribution is 6.61. The quantitative estimate of drug-likeness (QED) is 0.605. The first-order valence-corrected chi connectivity index (χ1v) is 5.01. The van der Waals surface area contributed by atoms with Crippen LogP contribution in [0.1, 0.15) is 20.8 Å². The Bertz CT molecular complexity index is 345. The second-order valence-electron chi connectivity index (χ2n) is 4.35. The lowest BCUT2D eigenvalue weighted by molar-refractivity contribution is 0.0174. The minimum absolute atomic E-state index is 0.508. The molecular formula is C11H15BO4. The van der Waals surface area contributed by atoms with Gasteiger partial charge in [0, 0.05) is 0 Å². The second-order valence-corrected chi connectivity index (χ2v) is 4.35. The molecule has 0 aromatic heterocycles. The van der Waals surface area contributed by atoms with Gasteiger partial charge < -0.3 is 14.4 Å². The average Bonchev–Trinajstić information content (AvgIpc) is 2.16. The number of carbonyl (C=O) groups is 1. The second kappa shape index (κ2) is 5.03. The molecule has 0 spiro atoms. The van der Waals surface area contributed by atoms with Gasteiger partial charge in [-0.25, -0.2) is 4.79 Å². The topological polar surface area (TPSA) is 55.8 Å². The fourth-order valence-corrected chi connectivity index (χ4v) is 1.05. The van der Waals surface area contributed by atoms with E-state index >= 15 is 0 Å². The van der Waals surface area contributed by atoms with Crippen LogP contribution in [0.2, 0.25) is 0 Å². The molecule has 86 valence electrons. The van der Waals surface area contributed by atoms with E-state index in [0.29, 0.717) is 5.46 Å². The molecule has 0 bridgehead atoms. The van der Waals surface area contributed by atoms with Crippen LogP contribution < -0.4 is 5.46 Å². The van der Waals surface area contributed by atoms with Gasteiger partial charge in [-0.3, -0.25) is 0 Å². The molecule has 16 heavy (non-hydrogen) atoms. The number of hydrogen-bond acceptors (Lipinski definition) is 4. The van der Waals surface area contributed by atoms with Crippen LogP contribution in [0, 0.1) is 0 Å². The van der Waals surface area contributed by atoms with E-state index in [2.05, 4.69) is 0 Å². The zero-order valence-corrected chi connectivity index (χ0v) is 9.64. The molecule has 0 aliphatic heterocycles. The molecule has 0 aliphatic rings. The largest absolute Gasteiger partial charge is 0.564 e. The van der Waals surface area contributed by atoms with E-state index in [9.17, 15) is 9.82 Å². The Morgan fingerprint density at radius 3 is 2.31 bits per heavy atom. The van der Waals surface area contributed by atoms with Gasteiger partial charge in [-0.15, -0.1) is 0 Å². The smallest absolute Gasteiger partial charge is 0.473 e. The molecule has 1 rings (SSSR count). The third-order valence-electron chi connectivity index (χ3n) is 1.68. The van der Waals surface area contributed by atoms with E-state index < -0.39 is 18.9 Å². The summed E-state index contributed by atoms with van der Waals surface area (Å²) in [5.74, 6) is 0. The summed E-state index contributed by atoms with van der Waals surface area (Å²) in [7, 11) is -1.30. The number of ether oxygens (including phenoxy) is 1.